The van der Waals surface area contributed by atoms with E-state index in [-0.39, 0.29) is 0 Å². The van der Waals surface area contributed by atoms with Gasteiger partial charge in [-0.1, -0.05) is 206 Å². The highest BCUT2D eigenvalue weighted by molar-refractivity contribution is 6.09. The van der Waals surface area contributed by atoms with Crippen molar-refractivity contribution in [2.75, 3.05) is 0 Å². The smallest absolute Gasteiger partial charge is 0.167 e. The van der Waals surface area contributed by atoms with Crippen molar-refractivity contribution >= 4 is 32.8 Å². The Balaban J connectivity index is 0.925. The van der Waals surface area contributed by atoms with Crippen LogP contribution in [0.1, 0.15) is 22.3 Å². The summed E-state index contributed by atoms with van der Waals surface area (Å²) in [7, 11) is 0. The quantitative estimate of drug-likeness (QED) is 0.167. The van der Waals surface area contributed by atoms with Crippen LogP contribution in [0.25, 0.3) is 117 Å². The number of nitrogens with zero attached hydrogens (tertiary/aromatic N) is 4. The largest absolute Gasteiger partial charge is 0.455 e. The van der Waals surface area contributed by atoms with Crippen LogP contribution in [0.5, 0.6) is 0 Å². The zero-order valence-electron chi connectivity index (χ0n) is 38.3. The van der Waals surface area contributed by atoms with Crippen molar-refractivity contribution in [3.05, 3.63) is 265 Å². The highest BCUT2D eigenvalue weighted by Gasteiger charge is 2.52. The van der Waals surface area contributed by atoms with Crippen LogP contribution < -0.4 is 0 Å². The molecule has 71 heavy (non-hydrogen) atoms. The third-order valence-electron chi connectivity index (χ3n) is 14.9. The number of rotatable bonds is 6. The maximum atomic E-state index is 6.58. The molecule has 10 aromatic carbocycles. The molecular formula is C66H40N4O. The van der Waals surface area contributed by atoms with Crippen LogP contribution in [-0.2, 0) is 5.41 Å². The van der Waals surface area contributed by atoms with E-state index in [0.29, 0.717) is 17.5 Å². The number of hydrogen-bond donors (Lipinski definition) is 0. The van der Waals surface area contributed by atoms with Gasteiger partial charge in [0.25, 0.3) is 0 Å². The van der Waals surface area contributed by atoms with Crippen molar-refractivity contribution in [1.29, 1.82) is 0 Å². The molecule has 0 radical (unpaired) electrons. The summed E-state index contributed by atoms with van der Waals surface area (Å²) in [5.41, 5.74) is 20.5. The van der Waals surface area contributed by atoms with E-state index in [2.05, 4.69) is 211 Å². The van der Waals surface area contributed by atoms with Crippen LogP contribution in [0.3, 0.4) is 0 Å². The van der Waals surface area contributed by atoms with E-state index in [1.165, 1.54) is 72.2 Å². The summed E-state index contributed by atoms with van der Waals surface area (Å²) < 4.78 is 8.96. The van der Waals surface area contributed by atoms with E-state index >= 15 is 0 Å². The van der Waals surface area contributed by atoms with Gasteiger partial charge in [0.1, 0.15) is 11.2 Å². The summed E-state index contributed by atoms with van der Waals surface area (Å²) in [5.74, 6) is 1.77. The molecule has 0 N–H and O–H groups in total. The molecule has 3 aromatic heterocycles. The van der Waals surface area contributed by atoms with E-state index in [9.17, 15) is 0 Å². The predicted octanol–water partition coefficient (Wildman–Crippen LogP) is 16.4. The lowest BCUT2D eigenvalue weighted by Gasteiger charge is -2.30. The first-order valence-electron chi connectivity index (χ1n) is 24.2. The van der Waals surface area contributed by atoms with Gasteiger partial charge in [0, 0.05) is 33.0 Å². The Bertz CT molecular complexity index is 4280. The van der Waals surface area contributed by atoms with Gasteiger partial charge in [0.2, 0.25) is 0 Å². The first kappa shape index (κ1) is 39.5. The summed E-state index contributed by atoms with van der Waals surface area (Å²) in [6, 6.07) is 86.9. The molecule has 13 aromatic rings. The fourth-order valence-corrected chi connectivity index (χ4v) is 12.0. The number of hydrogen-bond acceptors (Lipinski definition) is 4. The van der Waals surface area contributed by atoms with Crippen molar-refractivity contribution in [3.63, 3.8) is 0 Å². The molecule has 0 saturated carbocycles. The molecule has 0 aliphatic heterocycles. The number of fused-ring (bicyclic) bond motifs is 14. The van der Waals surface area contributed by atoms with Gasteiger partial charge in [-0.3, -0.25) is 0 Å². The lowest BCUT2D eigenvalue weighted by Crippen LogP contribution is -2.25. The van der Waals surface area contributed by atoms with Gasteiger partial charge in [-0.05, 0) is 97.6 Å². The Kier molecular flexibility index (Phi) is 8.51. The second kappa shape index (κ2) is 15.3. The van der Waals surface area contributed by atoms with Gasteiger partial charge in [-0.15, -0.1) is 0 Å². The maximum Gasteiger partial charge on any atom is 0.167 e. The highest BCUT2D eigenvalue weighted by Crippen LogP contribution is 2.65. The van der Waals surface area contributed by atoms with Crippen molar-refractivity contribution in [2.24, 2.45) is 0 Å². The van der Waals surface area contributed by atoms with E-state index in [4.69, 9.17) is 19.4 Å². The molecule has 0 bridgehead atoms. The van der Waals surface area contributed by atoms with Crippen LogP contribution in [0.4, 0.5) is 0 Å². The lowest BCUT2D eigenvalue weighted by molar-refractivity contribution is 0.669. The Morgan fingerprint density at radius 3 is 1.62 bits per heavy atom. The Labute approximate surface area is 409 Å². The Hall–Kier alpha value is -9.45. The second-order valence-electron chi connectivity index (χ2n) is 18.6. The fourth-order valence-electron chi connectivity index (χ4n) is 12.0. The number of furan rings is 1. The van der Waals surface area contributed by atoms with Crippen molar-refractivity contribution in [3.8, 4) is 84.5 Å². The third kappa shape index (κ3) is 5.72. The average molecular weight is 905 g/mol. The standard InChI is InChI=1S/C66H40N4O/c1-3-18-42(19-4-1)58-40-44-22-7-13-34-57(44)70(58)45-38-36-41(37-39-45)46-26-16-32-55-60(46)49-24-8-11-30-53(49)66(55)54-31-12-9-25-50(54)61-51(28-17-33-56(61)66)64-67-63(43-20-5-2-6-21-43)68-65(69-64)52-29-15-27-48-47-23-10-14-35-59(47)71-62(48)52/h1-40H. The minimum Gasteiger partial charge on any atom is -0.455 e. The van der Waals surface area contributed by atoms with Crippen LogP contribution >= 0.6 is 0 Å². The number of aromatic nitrogens is 4. The first-order chi connectivity index (χ1) is 35.2. The minimum atomic E-state index is -0.601. The number of benzene rings is 10. The second-order valence-corrected chi connectivity index (χ2v) is 18.6. The molecule has 5 nitrogen and oxygen atoms in total. The zero-order valence-corrected chi connectivity index (χ0v) is 38.3. The first-order valence-corrected chi connectivity index (χ1v) is 24.2. The summed E-state index contributed by atoms with van der Waals surface area (Å²) in [6.45, 7) is 0. The molecule has 1 spiro atoms. The molecule has 5 heteroatoms. The molecule has 15 rings (SSSR count). The van der Waals surface area contributed by atoms with Crippen LogP contribution in [0.15, 0.2) is 247 Å². The monoisotopic (exact) mass is 904 g/mol. The van der Waals surface area contributed by atoms with E-state index < -0.39 is 5.41 Å². The Morgan fingerprint density at radius 2 is 0.873 bits per heavy atom. The van der Waals surface area contributed by atoms with Crippen molar-refractivity contribution in [2.45, 2.75) is 5.41 Å². The van der Waals surface area contributed by atoms with E-state index in [0.717, 1.165) is 49.9 Å². The fraction of sp³-hybridized carbons (Fsp3) is 0.0152. The summed E-state index contributed by atoms with van der Waals surface area (Å²) in [5, 5.41) is 3.30. The molecule has 3 heterocycles. The Morgan fingerprint density at radius 1 is 0.352 bits per heavy atom. The van der Waals surface area contributed by atoms with Gasteiger partial charge >= 0.3 is 0 Å². The lowest BCUT2D eigenvalue weighted by atomic mass is 9.70. The minimum absolute atomic E-state index is 0.561. The summed E-state index contributed by atoms with van der Waals surface area (Å²) >= 11 is 0. The normalized spacial score (nSPS) is 14.3. The molecule has 1 atom stereocenters. The van der Waals surface area contributed by atoms with Gasteiger partial charge in [0.15, 0.2) is 17.5 Å². The summed E-state index contributed by atoms with van der Waals surface area (Å²) in [4.78, 5) is 15.9. The van der Waals surface area contributed by atoms with Gasteiger partial charge < -0.3 is 8.98 Å². The van der Waals surface area contributed by atoms with Crippen LogP contribution in [0.2, 0.25) is 0 Å². The molecule has 0 saturated heterocycles. The molecule has 2 aliphatic carbocycles. The summed E-state index contributed by atoms with van der Waals surface area (Å²) in [6.07, 6.45) is 0. The van der Waals surface area contributed by atoms with Gasteiger partial charge in [-0.25, -0.2) is 15.0 Å². The highest BCUT2D eigenvalue weighted by atomic mass is 16.3. The molecular weight excluding hydrogens is 865 g/mol. The predicted molar refractivity (Wildman–Crippen MR) is 287 cm³/mol. The molecule has 0 amide bonds. The van der Waals surface area contributed by atoms with Crippen LogP contribution in [0, 0.1) is 0 Å². The maximum absolute atomic E-state index is 6.58. The number of para-hydroxylation sites is 3. The van der Waals surface area contributed by atoms with Crippen molar-refractivity contribution < 1.29 is 4.42 Å². The van der Waals surface area contributed by atoms with Crippen molar-refractivity contribution in [1.82, 2.24) is 19.5 Å². The average Bonchev–Trinajstić information content (AvgIpc) is 4.20. The van der Waals surface area contributed by atoms with E-state index in [1.54, 1.807) is 0 Å². The van der Waals surface area contributed by atoms with Gasteiger partial charge in [-0.2, -0.15) is 0 Å². The third-order valence-corrected chi connectivity index (χ3v) is 14.9. The molecule has 2 aliphatic rings. The zero-order chi connectivity index (χ0) is 46.6. The molecule has 0 fully saturated rings. The molecule has 330 valence electrons. The SMILES string of the molecule is c1ccc(-c2nc(-c3cccc4c3-c3ccccc3C43c4ccccc4-c4c(-c5ccc(-n6c(-c7ccccc7)cc7ccccc76)cc5)cccc43)nc(-c3cccc4c3oc3ccccc34)n2)cc1. The van der Waals surface area contributed by atoms with E-state index in [1.807, 2.05) is 36.4 Å². The van der Waals surface area contributed by atoms with Gasteiger partial charge in [0.05, 0.1) is 22.2 Å². The topological polar surface area (TPSA) is 56.7 Å². The molecule has 1 unspecified atom stereocenters. The van der Waals surface area contributed by atoms with Crippen LogP contribution in [-0.4, -0.2) is 19.5 Å².